The number of carbonyl (C=O) groups excluding carboxylic acids is 1. The second-order valence-electron chi connectivity index (χ2n) is 5.25. The number of aliphatic hydroxyl groups excluding tert-OH is 1. The third-order valence-corrected chi connectivity index (χ3v) is 3.82. The number of carbonyl (C=O) groups is 1. The highest BCUT2D eigenvalue weighted by Crippen LogP contribution is 2.33. The summed E-state index contributed by atoms with van der Waals surface area (Å²) in [7, 11) is 0. The predicted molar refractivity (Wildman–Crippen MR) is 76.8 cm³/mol. The molecule has 1 aliphatic heterocycles. The van der Waals surface area contributed by atoms with Crippen LogP contribution in [0.4, 0.5) is 18.9 Å². The lowest BCUT2D eigenvalue weighted by Crippen LogP contribution is -2.40. The van der Waals surface area contributed by atoms with E-state index in [4.69, 9.17) is 11.6 Å². The Morgan fingerprint density at radius 2 is 2.00 bits per heavy atom. The van der Waals surface area contributed by atoms with Crippen LogP contribution in [0.3, 0.4) is 0 Å². The SMILES string of the molecule is O=C(CN1CCC(O)CC1)Nc1cc(C(F)(F)F)ccc1Cl. The zero-order chi connectivity index (χ0) is 16.3. The van der Waals surface area contributed by atoms with Crippen LogP contribution >= 0.6 is 11.6 Å². The van der Waals surface area contributed by atoms with Gasteiger partial charge in [0.25, 0.3) is 0 Å². The van der Waals surface area contributed by atoms with Crippen LogP contribution in [-0.2, 0) is 11.0 Å². The van der Waals surface area contributed by atoms with Gasteiger partial charge in [0.2, 0.25) is 5.91 Å². The van der Waals surface area contributed by atoms with E-state index in [9.17, 15) is 23.1 Å². The number of piperidine rings is 1. The van der Waals surface area contributed by atoms with Crippen molar-refractivity contribution in [3.05, 3.63) is 28.8 Å². The number of hydrogen-bond donors (Lipinski definition) is 2. The minimum Gasteiger partial charge on any atom is -0.393 e. The molecule has 1 aromatic rings. The molecule has 0 atom stereocenters. The molecule has 2 rings (SSSR count). The molecule has 22 heavy (non-hydrogen) atoms. The van der Waals surface area contributed by atoms with Crippen LogP contribution in [0.25, 0.3) is 0 Å². The molecular formula is C14H16ClF3N2O2. The normalized spacial score (nSPS) is 17.5. The van der Waals surface area contributed by atoms with E-state index in [1.54, 1.807) is 0 Å². The summed E-state index contributed by atoms with van der Waals surface area (Å²) in [5.74, 6) is -0.433. The van der Waals surface area contributed by atoms with Crippen molar-refractivity contribution in [3.8, 4) is 0 Å². The third kappa shape index (κ3) is 4.59. The Morgan fingerprint density at radius 3 is 2.59 bits per heavy atom. The van der Waals surface area contributed by atoms with Crippen molar-refractivity contribution in [1.29, 1.82) is 0 Å². The van der Waals surface area contributed by atoms with Crippen LogP contribution in [0.5, 0.6) is 0 Å². The Kier molecular flexibility index (Phi) is 5.31. The van der Waals surface area contributed by atoms with Gasteiger partial charge in [-0.1, -0.05) is 11.6 Å². The van der Waals surface area contributed by atoms with Gasteiger partial charge < -0.3 is 10.4 Å². The number of anilines is 1. The standard InChI is InChI=1S/C14H16ClF3N2O2/c15-11-2-1-9(14(16,17)18)7-12(11)19-13(22)8-20-5-3-10(21)4-6-20/h1-2,7,10,21H,3-6,8H2,(H,19,22). The molecular weight excluding hydrogens is 321 g/mol. The molecule has 0 aliphatic carbocycles. The van der Waals surface area contributed by atoms with E-state index in [0.717, 1.165) is 18.2 Å². The lowest BCUT2D eigenvalue weighted by Gasteiger charge is -2.28. The largest absolute Gasteiger partial charge is 0.416 e. The zero-order valence-electron chi connectivity index (χ0n) is 11.7. The molecule has 0 aromatic heterocycles. The second kappa shape index (κ2) is 6.85. The van der Waals surface area contributed by atoms with Crippen LogP contribution in [0.15, 0.2) is 18.2 Å². The van der Waals surface area contributed by atoms with Gasteiger partial charge in [-0.2, -0.15) is 13.2 Å². The summed E-state index contributed by atoms with van der Waals surface area (Å²) >= 11 is 5.82. The maximum Gasteiger partial charge on any atom is 0.416 e. The van der Waals surface area contributed by atoms with Crippen LogP contribution in [0.1, 0.15) is 18.4 Å². The Labute approximate surface area is 130 Å². The molecule has 0 unspecified atom stereocenters. The Hall–Kier alpha value is -1.31. The summed E-state index contributed by atoms with van der Waals surface area (Å²) < 4.78 is 38.0. The van der Waals surface area contributed by atoms with Crippen molar-refractivity contribution in [1.82, 2.24) is 4.90 Å². The molecule has 1 aliphatic rings. The van der Waals surface area contributed by atoms with Crippen LogP contribution in [0.2, 0.25) is 5.02 Å². The number of benzene rings is 1. The van der Waals surface area contributed by atoms with E-state index in [1.165, 1.54) is 0 Å². The Morgan fingerprint density at radius 1 is 1.36 bits per heavy atom. The van der Waals surface area contributed by atoms with E-state index < -0.39 is 17.6 Å². The molecule has 1 saturated heterocycles. The number of alkyl halides is 3. The van der Waals surface area contributed by atoms with Gasteiger partial charge >= 0.3 is 6.18 Å². The molecule has 0 spiro atoms. The highest BCUT2D eigenvalue weighted by molar-refractivity contribution is 6.33. The van der Waals surface area contributed by atoms with Gasteiger partial charge in [-0.3, -0.25) is 9.69 Å². The van der Waals surface area contributed by atoms with Gasteiger partial charge in [0.1, 0.15) is 0 Å². The van der Waals surface area contributed by atoms with E-state index in [0.29, 0.717) is 25.9 Å². The molecule has 122 valence electrons. The molecule has 1 fully saturated rings. The maximum absolute atomic E-state index is 12.7. The second-order valence-corrected chi connectivity index (χ2v) is 5.66. The molecule has 0 bridgehead atoms. The molecule has 1 amide bonds. The molecule has 2 N–H and O–H groups in total. The number of halogens is 4. The van der Waals surface area contributed by atoms with Crippen molar-refractivity contribution < 1.29 is 23.1 Å². The van der Waals surface area contributed by atoms with Crippen LogP contribution in [-0.4, -0.2) is 41.7 Å². The summed E-state index contributed by atoms with van der Waals surface area (Å²) in [6.07, 6.45) is -3.68. The van der Waals surface area contributed by atoms with Gasteiger partial charge in [-0.15, -0.1) is 0 Å². The Balaban J connectivity index is 1.99. The summed E-state index contributed by atoms with van der Waals surface area (Å²) in [6.45, 7) is 1.20. The minimum absolute atomic E-state index is 0.0513. The van der Waals surface area contributed by atoms with Gasteiger partial charge in [0.05, 0.1) is 28.9 Å². The van der Waals surface area contributed by atoms with Crippen LogP contribution in [0, 0.1) is 0 Å². The quantitative estimate of drug-likeness (QED) is 0.892. The van der Waals surface area contributed by atoms with Crippen molar-refractivity contribution in [2.45, 2.75) is 25.1 Å². The first-order valence-electron chi connectivity index (χ1n) is 6.83. The lowest BCUT2D eigenvalue weighted by atomic mass is 10.1. The van der Waals surface area contributed by atoms with Crippen molar-refractivity contribution in [2.75, 3.05) is 25.0 Å². The van der Waals surface area contributed by atoms with Crippen molar-refractivity contribution >= 4 is 23.2 Å². The third-order valence-electron chi connectivity index (χ3n) is 3.49. The summed E-state index contributed by atoms with van der Waals surface area (Å²) in [4.78, 5) is 13.8. The van der Waals surface area contributed by atoms with E-state index in [-0.39, 0.29) is 23.4 Å². The fourth-order valence-corrected chi connectivity index (χ4v) is 2.43. The number of amides is 1. The first-order valence-corrected chi connectivity index (χ1v) is 7.20. The number of nitrogens with zero attached hydrogens (tertiary/aromatic N) is 1. The van der Waals surface area contributed by atoms with E-state index in [2.05, 4.69) is 5.32 Å². The average molecular weight is 337 g/mol. The van der Waals surface area contributed by atoms with Crippen LogP contribution < -0.4 is 5.32 Å². The van der Waals surface area contributed by atoms with E-state index >= 15 is 0 Å². The monoisotopic (exact) mass is 336 g/mol. The highest BCUT2D eigenvalue weighted by Gasteiger charge is 2.31. The van der Waals surface area contributed by atoms with Crippen molar-refractivity contribution in [2.24, 2.45) is 0 Å². The van der Waals surface area contributed by atoms with Gasteiger partial charge in [0, 0.05) is 13.1 Å². The number of nitrogens with one attached hydrogen (secondary N) is 1. The number of rotatable bonds is 3. The topological polar surface area (TPSA) is 52.6 Å². The maximum atomic E-state index is 12.7. The fourth-order valence-electron chi connectivity index (χ4n) is 2.27. The molecule has 0 radical (unpaired) electrons. The first kappa shape index (κ1) is 17.1. The molecule has 1 aromatic carbocycles. The average Bonchev–Trinajstić information content (AvgIpc) is 2.42. The minimum atomic E-state index is -4.49. The number of hydrogen-bond acceptors (Lipinski definition) is 3. The smallest absolute Gasteiger partial charge is 0.393 e. The Bertz CT molecular complexity index is 543. The number of aliphatic hydroxyl groups is 1. The van der Waals surface area contributed by atoms with Gasteiger partial charge in [-0.25, -0.2) is 0 Å². The summed E-state index contributed by atoms with van der Waals surface area (Å²) in [6, 6.07) is 2.79. The van der Waals surface area contributed by atoms with E-state index in [1.807, 2.05) is 4.90 Å². The summed E-state index contributed by atoms with van der Waals surface area (Å²) in [5.41, 5.74) is -0.924. The number of likely N-dealkylation sites (tertiary alicyclic amines) is 1. The lowest BCUT2D eigenvalue weighted by molar-refractivity contribution is -0.137. The van der Waals surface area contributed by atoms with Gasteiger partial charge in [0.15, 0.2) is 0 Å². The molecule has 8 heteroatoms. The first-order chi connectivity index (χ1) is 10.3. The summed E-state index contributed by atoms with van der Waals surface area (Å²) in [5, 5.41) is 11.8. The highest BCUT2D eigenvalue weighted by atomic mass is 35.5. The predicted octanol–water partition coefficient (Wildman–Crippen LogP) is 2.75. The van der Waals surface area contributed by atoms with Gasteiger partial charge in [-0.05, 0) is 31.0 Å². The molecule has 4 nitrogen and oxygen atoms in total. The fraction of sp³-hybridized carbons (Fsp3) is 0.500. The van der Waals surface area contributed by atoms with Crippen molar-refractivity contribution in [3.63, 3.8) is 0 Å². The molecule has 1 heterocycles. The molecule has 0 saturated carbocycles. The zero-order valence-corrected chi connectivity index (χ0v) is 12.4.